The van der Waals surface area contributed by atoms with Crippen molar-refractivity contribution in [1.29, 1.82) is 0 Å². The Bertz CT molecular complexity index is 1780. The van der Waals surface area contributed by atoms with Gasteiger partial charge in [0.2, 0.25) is 0 Å². The fourth-order valence-electron chi connectivity index (χ4n) is 6.97. The minimum atomic E-state index is -5.23. The molecule has 0 radical (unpaired) electrons. The van der Waals surface area contributed by atoms with Gasteiger partial charge in [-0.15, -0.1) is 0 Å². The fourth-order valence-corrected chi connectivity index (χ4v) is 7.59. The van der Waals surface area contributed by atoms with Crippen molar-refractivity contribution in [2.24, 2.45) is 0 Å². The first kappa shape index (κ1) is 41.5. The van der Waals surface area contributed by atoms with Crippen molar-refractivity contribution in [2.75, 3.05) is 0 Å². The Labute approximate surface area is 320 Å². The highest BCUT2D eigenvalue weighted by atomic mass is 127. The second-order valence-corrected chi connectivity index (χ2v) is 14.7. The molecule has 294 valence electrons. The van der Waals surface area contributed by atoms with Crippen LogP contribution in [0.2, 0.25) is 0 Å². The molecule has 0 saturated carbocycles. The number of carbonyl (C=O) groups is 2. The molecule has 0 aromatic heterocycles. The molecule has 0 unspecified atom stereocenters. The highest BCUT2D eigenvalue weighted by Crippen LogP contribution is 2.49. The molecule has 4 N–H and O–H groups in total. The Hall–Kier alpha value is -3.65. The van der Waals surface area contributed by atoms with E-state index in [9.17, 15) is 46.1 Å². The summed E-state index contributed by atoms with van der Waals surface area (Å²) in [6.45, 7) is 4.42. The molecule has 10 nitrogen and oxygen atoms in total. The Morgan fingerprint density at radius 2 is 1.31 bits per heavy atom. The predicted molar refractivity (Wildman–Crippen MR) is 189 cm³/mol. The summed E-state index contributed by atoms with van der Waals surface area (Å²) in [7, 11) is 0. The molecular formula is C37H39F6IN2O8. The summed E-state index contributed by atoms with van der Waals surface area (Å²) in [5.74, 6) is -5.36. The van der Waals surface area contributed by atoms with Crippen LogP contribution in [0.5, 0.6) is 11.5 Å². The maximum absolute atomic E-state index is 13.6. The van der Waals surface area contributed by atoms with Crippen molar-refractivity contribution in [3.63, 3.8) is 0 Å². The fraction of sp³-hybridized carbons (Fsp3) is 0.459. The predicted octanol–water partition coefficient (Wildman–Crippen LogP) is 7.06. The highest BCUT2D eigenvalue weighted by Gasteiger charge is 2.52. The third-order valence-electron chi connectivity index (χ3n) is 9.50. The average Bonchev–Trinajstić information content (AvgIpc) is 3.10. The molecule has 3 aromatic rings. The van der Waals surface area contributed by atoms with Crippen molar-refractivity contribution in [2.45, 2.75) is 107 Å². The Kier molecular flexibility index (Phi) is 12.8. The summed E-state index contributed by atoms with van der Waals surface area (Å²) in [6.07, 6.45) is -17.5. The van der Waals surface area contributed by atoms with E-state index >= 15 is 0 Å². The van der Waals surface area contributed by atoms with Crippen molar-refractivity contribution in [3.8, 4) is 11.5 Å². The van der Waals surface area contributed by atoms with Crippen molar-refractivity contribution < 1.29 is 65.1 Å². The lowest BCUT2D eigenvalue weighted by molar-refractivity contribution is -0.196. The number of nitrogens with one attached hydrogen (secondary N) is 2. The van der Waals surface area contributed by atoms with E-state index in [1.165, 1.54) is 19.9 Å². The molecule has 2 saturated heterocycles. The number of phenols is 2. The molecule has 0 aliphatic carbocycles. The Balaban J connectivity index is 1.46. The molecule has 2 aliphatic rings. The van der Waals surface area contributed by atoms with Gasteiger partial charge in [0.15, 0.2) is 0 Å². The smallest absolute Gasteiger partial charge is 0.471 e. The quantitative estimate of drug-likeness (QED) is 0.126. The van der Waals surface area contributed by atoms with Crippen LogP contribution in [0.1, 0.15) is 68.1 Å². The second kappa shape index (κ2) is 16.6. The zero-order valence-electron chi connectivity index (χ0n) is 29.2. The van der Waals surface area contributed by atoms with E-state index in [2.05, 4.69) is 5.32 Å². The van der Waals surface area contributed by atoms with Gasteiger partial charge in [-0.05, 0) is 60.6 Å². The summed E-state index contributed by atoms with van der Waals surface area (Å²) < 4.78 is 106. The monoisotopic (exact) mass is 880 g/mol. The van der Waals surface area contributed by atoms with Gasteiger partial charge in [-0.25, -0.2) is 0 Å². The second-order valence-electron chi connectivity index (χ2n) is 13.6. The SMILES string of the molecule is C[C@@H]1O[C@H](c2cc([C@H]3C[C@@H](NC(=O)C(F)(F)F)[C@H](OCc4ccccc4)[C@@H](C)O3)c(O)c(I)c2O)C[C@](C)(NC(=O)C(F)(F)F)[C@@H]1OCc1ccccc1. The zero-order valence-corrected chi connectivity index (χ0v) is 31.4. The molecule has 0 bridgehead atoms. The number of halogens is 7. The van der Waals surface area contributed by atoms with Gasteiger partial charge in [0.1, 0.15) is 23.7 Å². The van der Waals surface area contributed by atoms with Crippen LogP contribution in [0, 0.1) is 3.57 Å². The zero-order chi connectivity index (χ0) is 39.6. The third kappa shape index (κ3) is 9.58. The van der Waals surface area contributed by atoms with Crippen LogP contribution in [-0.2, 0) is 41.8 Å². The minimum Gasteiger partial charge on any atom is -0.506 e. The standard InChI is InChI=1S/C37H39F6IN2O8/c1-19-31(51-17-21-10-6-4-7-11-21)25(45-33(49)36(38,39)40)15-26(53-19)23-14-24(30(48)28(44)29(23)47)27-16-35(3,46-34(50)37(41,42)43)32(20(2)54-27)52-18-22-12-8-5-9-13-22/h4-14,19-20,25-27,31-32,47-48H,15-18H2,1-3H3,(H,45,49)(H,46,50)/t19-,20+,25-,26-,27+,31-,32-,35+/m1/s1. The van der Waals surface area contributed by atoms with Gasteiger partial charge in [0, 0.05) is 24.0 Å². The Morgan fingerprint density at radius 3 is 1.85 bits per heavy atom. The average molecular weight is 881 g/mol. The van der Waals surface area contributed by atoms with Gasteiger partial charge >= 0.3 is 24.2 Å². The highest BCUT2D eigenvalue weighted by molar-refractivity contribution is 14.1. The molecule has 2 fully saturated rings. The van der Waals surface area contributed by atoms with Crippen molar-refractivity contribution in [3.05, 3.63) is 92.6 Å². The molecule has 0 spiro atoms. The topological polar surface area (TPSA) is 136 Å². The molecular weight excluding hydrogens is 841 g/mol. The number of rotatable bonds is 10. The van der Waals surface area contributed by atoms with Gasteiger partial charge in [0.25, 0.3) is 0 Å². The van der Waals surface area contributed by atoms with Crippen LogP contribution in [-0.4, -0.2) is 70.4 Å². The molecule has 8 atom stereocenters. The number of amides is 2. The number of benzene rings is 3. The van der Waals surface area contributed by atoms with Crippen LogP contribution in [0.15, 0.2) is 66.7 Å². The van der Waals surface area contributed by atoms with E-state index in [4.69, 9.17) is 18.9 Å². The van der Waals surface area contributed by atoms with E-state index in [0.717, 1.165) is 5.56 Å². The van der Waals surface area contributed by atoms with Gasteiger partial charge < -0.3 is 39.8 Å². The molecule has 54 heavy (non-hydrogen) atoms. The number of phenolic OH excluding ortho intramolecular Hbond substituents is 2. The summed E-state index contributed by atoms with van der Waals surface area (Å²) in [5, 5.41) is 26.6. The van der Waals surface area contributed by atoms with Crippen molar-refractivity contribution in [1.82, 2.24) is 10.6 Å². The number of ether oxygens (including phenoxy) is 4. The number of alkyl halides is 6. The summed E-state index contributed by atoms with van der Waals surface area (Å²) >= 11 is 1.65. The van der Waals surface area contributed by atoms with Crippen LogP contribution in [0.3, 0.4) is 0 Å². The molecule has 2 heterocycles. The van der Waals surface area contributed by atoms with E-state index in [-0.39, 0.29) is 40.8 Å². The third-order valence-corrected chi connectivity index (χ3v) is 10.5. The number of hydrogen-bond acceptors (Lipinski definition) is 8. The number of carbonyl (C=O) groups excluding carboxylic acids is 2. The molecule has 5 rings (SSSR count). The first-order valence-electron chi connectivity index (χ1n) is 16.9. The lowest BCUT2D eigenvalue weighted by Gasteiger charge is -2.48. The maximum atomic E-state index is 13.6. The Morgan fingerprint density at radius 1 is 0.815 bits per heavy atom. The number of aromatic hydroxyl groups is 2. The summed E-state index contributed by atoms with van der Waals surface area (Å²) in [4.78, 5) is 24.5. The number of hydrogen-bond donors (Lipinski definition) is 4. The van der Waals surface area contributed by atoms with Crippen LogP contribution in [0.25, 0.3) is 0 Å². The van der Waals surface area contributed by atoms with Gasteiger partial charge in [-0.2, -0.15) is 26.3 Å². The van der Waals surface area contributed by atoms with E-state index in [0.29, 0.717) is 5.56 Å². The van der Waals surface area contributed by atoms with Crippen LogP contribution < -0.4 is 10.6 Å². The van der Waals surface area contributed by atoms with Crippen LogP contribution in [0.4, 0.5) is 26.3 Å². The normalized spacial score (nSPS) is 27.6. The van der Waals surface area contributed by atoms with Gasteiger partial charge in [-0.1, -0.05) is 60.7 Å². The first-order chi connectivity index (χ1) is 25.3. The van der Waals surface area contributed by atoms with Gasteiger partial charge in [-0.3, -0.25) is 9.59 Å². The lowest BCUT2D eigenvalue weighted by atomic mass is 9.80. The molecule has 17 heteroatoms. The van der Waals surface area contributed by atoms with E-state index in [1.807, 2.05) is 5.32 Å². The first-order valence-corrected chi connectivity index (χ1v) is 18.0. The van der Waals surface area contributed by atoms with E-state index in [1.54, 1.807) is 90.2 Å². The van der Waals surface area contributed by atoms with E-state index < -0.39 is 83.9 Å². The lowest BCUT2D eigenvalue weighted by Crippen LogP contribution is -2.64. The maximum Gasteiger partial charge on any atom is 0.471 e. The van der Waals surface area contributed by atoms with Gasteiger partial charge in [0.05, 0.1) is 52.8 Å². The van der Waals surface area contributed by atoms with Crippen molar-refractivity contribution >= 4 is 34.4 Å². The minimum absolute atomic E-state index is 0.00243. The van der Waals surface area contributed by atoms with Crippen LogP contribution >= 0.6 is 22.6 Å². The largest absolute Gasteiger partial charge is 0.506 e. The molecule has 2 amide bonds. The summed E-state index contributed by atoms with van der Waals surface area (Å²) in [6, 6.07) is 17.6. The molecule has 2 aliphatic heterocycles. The summed E-state index contributed by atoms with van der Waals surface area (Å²) in [5.41, 5.74) is -0.276. The molecule has 3 aromatic carbocycles.